The van der Waals surface area contributed by atoms with Gasteiger partial charge >= 0.3 is 0 Å². The van der Waals surface area contributed by atoms with E-state index < -0.39 is 10.0 Å². The topological polar surface area (TPSA) is 84.9 Å². The van der Waals surface area contributed by atoms with Gasteiger partial charge in [0.25, 0.3) is 0 Å². The molecule has 0 heterocycles. The van der Waals surface area contributed by atoms with Gasteiger partial charge in [0.15, 0.2) is 11.5 Å². The van der Waals surface area contributed by atoms with Crippen LogP contribution in [0.4, 0.5) is 5.69 Å². The van der Waals surface area contributed by atoms with Crippen LogP contribution in [0.3, 0.4) is 0 Å². The second-order valence-corrected chi connectivity index (χ2v) is 8.84. The van der Waals surface area contributed by atoms with E-state index in [1.165, 1.54) is 0 Å². The van der Waals surface area contributed by atoms with Crippen molar-refractivity contribution >= 4 is 21.6 Å². The van der Waals surface area contributed by atoms with E-state index in [1.807, 2.05) is 38.1 Å². The zero-order chi connectivity index (χ0) is 22.3. The SMILES string of the molecule is CCc1ccc(N(CC(=O)N[C@@H](CC)c2ccc(OC)c(OC)c2)S(C)(=O)=O)cc1. The Hall–Kier alpha value is -2.74. The van der Waals surface area contributed by atoms with Gasteiger partial charge in [-0.25, -0.2) is 8.42 Å². The highest BCUT2D eigenvalue weighted by atomic mass is 32.2. The van der Waals surface area contributed by atoms with Crippen molar-refractivity contribution in [3.05, 3.63) is 53.6 Å². The summed E-state index contributed by atoms with van der Waals surface area (Å²) in [6.45, 7) is 3.67. The number of carbonyl (C=O) groups is 1. The number of aryl methyl sites for hydroxylation is 1. The predicted octanol–water partition coefficient (Wildman–Crippen LogP) is 3.30. The van der Waals surface area contributed by atoms with E-state index in [-0.39, 0.29) is 18.5 Å². The molecular formula is C22H30N2O5S. The quantitative estimate of drug-likeness (QED) is 0.620. The molecule has 0 spiro atoms. The number of benzene rings is 2. The average molecular weight is 435 g/mol. The van der Waals surface area contributed by atoms with Crippen LogP contribution in [0.1, 0.15) is 37.4 Å². The van der Waals surface area contributed by atoms with E-state index in [9.17, 15) is 13.2 Å². The summed E-state index contributed by atoms with van der Waals surface area (Å²) in [6, 6.07) is 12.3. The lowest BCUT2D eigenvalue weighted by atomic mass is 10.0. The summed E-state index contributed by atoms with van der Waals surface area (Å²) in [5.41, 5.74) is 2.40. The molecule has 1 atom stereocenters. The van der Waals surface area contributed by atoms with Crippen LogP contribution in [0.2, 0.25) is 0 Å². The van der Waals surface area contributed by atoms with Crippen molar-refractivity contribution in [3.63, 3.8) is 0 Å². The van der Waals surface area contributed by atoms with Crippen molar-refractivity contribution in [2.24, 2.45) is 0 Å². The molecule has 0 saturated carbocycles. The van der Waals surface area contributed by atoms with Crippen LogP contribution >= 0.6 is 0 Å². The molecule has 0 aromatic heterocycles. The first kappa shape index (κ1) is 23.5. The van der Waals surface area contributed by atoms with Crippen molar-refractivity contribution in [3.8, 4) is 11.5 Å². The summed E-state index contributed by atoms with van der Waals surface area (Å²) in [6.07, 6.45) is 2.58. The number of amides is 1. The Kier molecular flexibility index (Phi) is 8.11. The number of rotatable bonds is 10. The number of sulfonamides is 1. The van der Waals surface area contributed by atoms with Gasteiger partial charge in [-0.15, -0.1) is 0 Å². The van der Waals surface area contributed by atoms with Crippen molar-refractivity contribution in [2.75, 3.05) is 31.3 Å². The number of ether oxygens (including phenoxy) is 2. The predicted molar refractivity (Wildman–Crippen MR) is 119 cm³/mol. The molecule has 0 aliphatic heterocycles. The zero-order valence-corrected chi connectivity index (χ0v) is 19.0. The largest absolute Gasteiger partial charge is 0.493 e. The Bertz CT molecular complexity index is 958. The smallest absolute Gasteiger partial charge is 0.241 e. The fraction of sp³-hybridized carbons (Fsp3) is 0.409. The van der Waals surface area contributed by atoms with Crippen LogP contribution in [0.15, 0.2) is 42.5 Å². The first-order chi connectivity index (χ1) is 14.2. The van der Waals surface area contributed by atoms with Gasteiger partial charge in [-0.05, 0) is 48.2 Å². The molecule has 1 N–H and O–H groups in total. The Morgan fingerprint density at radius 1 is 1.03 bits per heavy atom. The normalized spacial score (nSPS) is 12.2. The van der Waals surface area contributed by atoms with E-state index in [0.29, 0.717) is 23.6 Å². The molecule has 2 aromatic rings. The second kappa shape index (κ2) is 10.3. The van der Waals surface area contributed by atoms with Crippen LogP contribution in [-0.2, 0) is 21.2 Å². The highest BCUT2D eigenvalue weighted by Crippen LogP contribution is 2.31. The minimum Gasteiger partial charge on any atom is -0.493 e. The maximum absolute atomic E-state index is 12.7. The Labute approximate surface area is 179 Å². The Balaban J connectivity index is 2.20. The summed E-state index contributed by atoms with van der Waals surface area (Å²) in [7, 11) is -0.514. The summed E-state index contributed by atoms with van der Waals surface area (Å²) in [4.78, 5) is 12.7. The maximum atomic E-state index is 12.7. The second-order valence-electron chi connectivity index (χ2n) is 6.93. The minimum absolute atomic E-state index is 0.291. The monoisotopic (exact) mass is 434 g/mol. The number of hydrogen-bond donors (Lipinski definition) is 1. The van der Waals surface area contributed by atoms with Crippen molar-refractivity contribution < 1.29 is 22.7 Å². The van der Waals surface area contributed by atoms with Crippen LogP contribution in [-0.4, -0.2) is 41.3 Å². The van der Waals surface area contributed by atoms with Crippen molar-refractivity contribution in [1.29, 1.82) is 0 Å². The first-order valence-electron chi connectivity index (χ1n) is 9.81. The third-order valence-electron chi connectivity index (χ3n) is 4.87. The molecule has 2 rings (SSSR count). The third-order valence-corrected chi connectivity index (χ3v) is 6.01. The molecule has 0 bridgehead atoms. The molecule has 0 aliphatic rings. The number of carbonyl (C=O) groups excluding carboxylic acids is 1. The third kappa shape index (κ3) is 5.89. The molecule has 1 amide bonds. The molecule has 2 aromatic carbocycles. The number of nitrogens with zero attached hydrogens (tertiary/aromatic N) is 1. The van der Waals surface area contributed by atoms with Gasteiger partial charge in [0.05, 0.1) is 32.2 Å². The fourth-order valence-electron chi connectivity index (χ4n) is 3.16. The summed E-state index contributed by atoms with van der Waals surface area (Å²) >= 11 is 0. The van der Waals surface area contributed by atoms with E-state index in [0.717, 1.165) is 28.1 Å². The molecular weight excluding hydrogens is 404 g/mol. The summed E-state index contributed by atoms with van der Waals surface area (Å²) in [5.74, 6) is 0.777. The Morgan fingerprint density at radius 3 is 2.17 bits per heavy atom. The number of hydrogen-bond acceptors (Lipinski definition) is 5. The van der Waals surface area contributed by atoms with Gasteiger partial charge in [0, 0.05) is 0 Å². The summed E-state index contributed by atoms with van der Waals surface area (Å²) in [5, 5.41) is 2.93. The van der Waals surface area contributed by atoms with E-state index in [4.69, 9.17) is 9.47 Å². The van der Waals surface area contributed by atoms with Crippen molar-refractivity contribution in [2.45, 2.75) is 32.7 Å². The standard InChI is InChI=1S/C22H30N2O5S/c1-6-16-8-11-18(12-9-16)24(30(5,26)27)15-22(25)23-19(7-2)17-10-13-20(28-3)21(14-17)29-4/h8-14,19H,6-7,15H2,1-5H3,(H,23,25)/t19-/m0/s1. The van der Waals surface area contributed by atoms with Crippen LogP contribution in [0, 0.1) is 0 Å². The molecule has 0 fully saturated rings. The highest BCUT2D eigenvalue weighted by Gasteiger charge is 2.23. The first-order valence-corrected chi connectivity index (χ1v) is 11.7. The molecule has 30 heavy (non-hydrogen) atoms. The fourth-order valence-corrected chi connectivity index (χ4v) is 4.02. The van der Waals surface area contributed by atoms with Gasteiger partial charge in [0.1, 0.15) is 6.54 Å². The Morgan fingerprint density at radius 2 is 1.67 bits per heavy atom. The number of nitrogens with one attached hydrogen (secondary N) is 1. The van der Waals surface area contributed by atoms with Gasteiger partial charge in [0.2, 0.25) is 15.9 Å². The highest BCUT2D eigenvalue weighted by molar-refractivity contribution is 7.92. The molecule has 7 nitrogen and oxygen atoms in total. The maximum Gasteiger partial charge on any atom is 0.241 e. The molecule has 8 heteroatoms. The lowest BCUT2D eigenvalue weighted by Crippen LogP contribution is -2.41. The van der Waals surface area contributed by atoms with Gasteiger partial charge in [-0.2, -0.15) is 0 Å². The lowest BCUT2D eigenvalue weighted by Gasteiger charge is -2.24. The van der Waals surface area contributed by atoms with Gasteiger partial charge in [-0.1, -0.05) is 32.0 Å². The number of methoxy groups -OCH3 is 2. The molecule has 0 radical (unpaired) electrons. The van der Waals surface area contributed by atoms with Crippen LogP contribution < -0.4 is 19.1 Å². The van der Waals surface area contributed by atoms with Gasteiger partial charge < -0.3 is 14.8 Å². The van der Waals surface area contributed by atoms with Gasteiger partial charge in [-0.3, -0.25) is 9.10 Å². The van der Waals surface area contributed by atoms with E-state index >= 15 is 0 Å². The molecule has 0 aliphatic carbocycles. The van der Waals surface area contributed by atoms with E-state index in [1.54, 1.807) is 32.4 Å². The minimum atomic E-state index is -3.62. The van der Waals surface area contributed by atoms with Crippen LogP contribution in [0.5, 0.6) is 11.5 Å². The lowest BCUT2D eigenvalue weighted by molar-refractivity contribution is -0.120. The molecule has 0 unspecified atom stereocenters. The van der Waals surface area contributed by atoms with Crippen molar-refractivity contribution in [1.82, 2.24) is 5.32 Å². The zero-order valence-electron chi connectivity index (χ0n) is 18.1. The molecule has 0 saturated heterocycles. The molecule has 164 valence electrons. The van der Waals surface area contributed by atoms with Crippen LogP contribution in [0.25, 0.3) is 0 Å². The van der Waals surface area contributed by atoms with E-state index in [2.05, 4.69) is 5.32 Å². The number of anilines is 1. The summed E-state index contributed by atoms with van der Waals surface area (Å²) < 4.78 is 36.3. The average Bonchev–Trinajstić information content (AvgIpc) is 2.74.